The molecule has 1 aliphatic carbocycles. The minimum atomic E-state index is -0.299. The van der Waals surface area contributed by atoms with Crippen LogP contribution in [0.5, 0.6) is 0 Å². The van der Waals surface area contributed by atoms with Gasteiger partial charge in [0.15, 0.2) is 10.0 Å². The summed E-state index contributed by atoms with van der Waals surface area (Å²) >= 11 is 3.05. The van der Waals surface area contributed by atoms with Gasteiger partial charge in [0.25, 0.3) is 5.91 Å². The molecule has 0 spiro atoms. The molecule has 6 nitrogen and oxygen atoms in total. The van der Waals surface area contributed by atoms with E-state index in [1.807, 2.05) is 0 Å². The second-order valence-electron chi connectivity index (χ2n) is 4.92. The highest BCUT2D eigenvalue weighted by Crippen LogP contribution is 2.40. The third-order valence-corrected chi connectivity index (χ3v) is 5.15. The number of thioether (sulfide) groups is 1. The van der Waals surface area contributed by atoms with Crippen molar-refractivity contribution in [2.75, 3.05) is 11.1 Å². The zero-order valence-corrected chi connectivity index (χ0v) is 13.3. The van der Waals surface area contributed by atoms with E-state index in [0.717, 1.165) is 41.5 Å². The van der Waals surface area contributed by atoms with Crippen molar-refractivity contribution >= 4 is 34.1 Å². The van der Waals surface area contributed by atoms with Crippen LogP contribution < -0.4 is 5.32 Å². The second kappa shape index (κ2) is 6.57. The molecule has 1 amide bonds. The maximum Gasteiger partial charge on any atom is 0.279 e. The molecule has 21 heavy (non-hydrogen) atoms. The summed E-state index contributed by atoms with van der Waals surface area (Å²) in [6.07, 6.45) is 4.54. The van der Waals surface area contributed by atoms with Crippen LogP contribution in [0.25, 0.3) is 0 Å². The van der Waals surface area contributed by atoms with Gasteiger partial charge < -0.3 is 4.52 Å². The molecule has 0 aromatic carbocycles. The summed E-state index contributed by atoms with van der Waals surface area (Å²) in [6, 6.07) is 1.71. The van der Waals surface area contributed by atoms with Gasteiger partial charge in [0.1, 0.15) is 5.76 Å². The molecule has 1 N–H and O–H groups in total. The van der Waals surface area contributed by atoms with Gasteiger partial charge in [0.2, 0.25) is 5.13 Å². The standard InChI is InChI=1S/C13H16N4O2S2/c1-2-3-6-20-13-16-15-12(21-13)14-11(18)9-7-10(19-17-9)8-4-5-8/h7-8H,2-6H2,1H3,(H,14,15,18). The fourth-order valence-corrected chi connectivity index (χ4v) is 3.64. The Morgan fingerprint density at radius 2 is 2.38 bits per heavy atom. The number of hydrogen-bond acceptors (Lipinski definition) is 7. The molecule has 2 aromatic heterocycles. The fraction of sp³-hybridized carbons (Fsp3) is 0.538. The summed E-state index contributed by atoms with van der Waals surface area (Å²) in [4.78, 5) is 12.0. The molecule has 0 radical (unpaired) electrons. The molecule has 0 atom stereocenters. The molecule has 1 fully saturated rings. The fourth-order valence-electron chi connectivity index (χ4n) is 1.74. The molecule has 112 valence electrons. The maximum absolute atomic E-state index is 12.0. The first kappa shape index (κ1) is 14.5. The normalized spacial score (nSPS) is 14.3. The molecule has 1 saturated carbocycles. The van der Waals surface area contributed by atoms with Crippen LogP contribution in [0.4, 0.5) is 5.13 Å². The Kier molecular flexibility index (Phi) is 4.54. The Bertz CT molecular complexity index is 621. The molecule has 0 saturated heterocycles. The van der Waals surface area contributed by atoms with E-state index in [9.17, 15) is 4.79 Å². The van der Waals surface area contributed by atoms with Gasteiger partial charge in [-0.05, 0) is 19.3 Å². The van der Waals surface area contributed by atoms with Crippen LogP contribution in [-0.4, -0.2) is 27.0 Å². The van der Waals surface area contributed by atoms with Crippen LogP contribution in [0.1, 0.15) is 54.8 Å². The van der Waals surface area contributed by atoms with Crippen molar-refractivity contribution in [2.45, 2.75) is 42.9 Å². The lowest BCUT2D eigenvalue weighted by atomic mass is 10.3. The second-order valence-corrected chi connectivity index (χ2v) is 7.24. The third-order valence-electron chi connectivity index (χ3n) is 3.09. The van der Waals surface area contributed by atoms with E-state index in [2.05, 4.69) is 27.6 Å². The molecule has 0 aliphatic heterocycles. The van der Waals surface area contributed by atoms with Crippen LogP contribution in [0.2, 0.25) is 0 Å². The van der Waals surface area contributed by atoms with Crippen molar-refractivity contribution in [1.82, 2.24) is 15.4 Å². The predicted molar refractivity (Wildman–Crippen MR) is 82.0 cm³/mol. The van der Waals surface area contributed by atoms with Crippen LogP contribution in [0.15, 0.2) is 14.9 Å². The zero-order valence-electron chi connectivity index (χ0n) is 11.7. The molecule has 3 rings (SSSR count). The Morgan fingerprint density at radius 3 is 3.14 bits per heavy atom. The third kappa shape index (κ3) is 3.82. The van der Waals surface area contributed by atoms with E-state index in [1.54, 1.807) is 17.8 Å². The number of carbonyl (C=O) groups excluding carboxylic acids is 1. The van der Waals surface area contributed by atoms with Gasteiger partial charge in [-0.15, -0.1) is 10.2 Å². The van der Waals surface area contributed by atoms with Crippen LogP contribution >= 0.6 is 23.1 Å². The number of hydrogen-bond donors (Lipinski definition) is 1. The van der Waals surface area contributed by atoms with Crippen LogP contribution in [-0.2, 0) is 0 Å². The largest absolute Gasteiger partial charge is 0.360 e. The van der Waals surface area contributed by atoms with E-state index in [-0.39, 0.29) is 5.91 Å². The molecule has 2 heterocycles. The highest BCUT2D eigenvalue weighted by atomic mass is 32.2. The van der Waals surface area contributed by atoms with Crippen molar-refractivity contribution < 1.29 is 9.32 Å². The van der Waals surface area contributed by atoms with Gasteiger partial charge in [-0.1, -0.05) is 41.6 Å². The monoisotopic (exact) mass is 324 g/mol. The average molecular weight is 324 g/mol. The first-order chi connectivity index (χ1) is 10.3. The Balaban J connectivity index is 1.56. The van der Waals surface area contributed by atoms with Crippen LogP contribution in [0.3, 0.4) is 0 Å². The minimum absolute atomic E-state index is 0.298. The van der Waals surface area contributed by atoms with Crippen molar-refractivity contribution in [3.05, 3.63) is 17.5 Å². The molecule has 0 bridgehead atoms. The summed E-state index contributed by atoms with van der Waals surface area (Å²) in [7, 11) is 0. The van der Waals surface area contributed by atoms with Gasteiger partial charge in [0, 0.05) is 17.7 Å². The SMILES string of the molecule is CCCCSc1nnc(NC(=O)c2cc(C3CC3)on2)s1. The number of unbranched alkanes of at least 4 members (excludes halogenated alkanes) is 1. The molecule has 0 unspecified atom stereocenters. The lowest BCUT2D eigenvalue weighted by Crippen LogP contribution is -2.11. The number of aromatic nitrogens is 3. The zero-order chi connectivity index (χ0) is 14.7. The lowest BCUT2D eigenvalue weighted by Gasteiger charge is -1.95. The van der Waals surface area contributed by atoms with Gasteiger partial charge in [0.05, 0.1) is 0 Å². The molecular formula is C13H16N4O2S2. The first-order valence-corrected chi connectivity index (χ1v) is 8.80. The van der Waals surface area contributed by atoms with E-state index < -0.39 is 0 Å². The van der Waals surface area contributed by atoms with Crippen LogP contribution in [0, 0.1) is 0 Å². The Morgan fingerprint density at radius 1 is 1.52 bits per heavy atom. The number of anilines is 1. The van der Waals surface area contributed by atoms with E-state index in [1.165, 1.54) is 11.3 Å². The summed E-state index contributed by atoms with van der Waals surface area (Å²) in [6.45, 7) is 2.15. The van der Waals surface area contributed by atoms with Gasteiger partial charge in [-0.2, -0.15) is 0 Å². The maximum atomic E-state index is 12.0. The number of nitrogens with one attached hydrogen (secondary N) is 1. The highest BCUT2D eigenvalue weighted by Gasteiger charge is 2.29. The number of nitrogens with zero attached hydrogens (tertiary/aromatic N) is 3. The van der Waals surface area contributed by atoms with Crippen molar-refractivity contribution in [3.8, 4) is 0 Å². The van der Waals surface area contributed by atoms with Gasteiger partial charge >= 0.3 is 0 Å². The molecule has 8 heteroatoms. The number of carbonyl (C=O) groups is 1. The quantitative estimate of drug-likeness (QED) is 0.476. The van der Waals surface area contributed by atoms with E-state index in [4.69, 9.17) is 4.52 Å². The van der Waals surface area contributed by atoms with Crippen molar-refractivity contribution in [2.24, 2.45) is 0 Å². The summed E-state index contributed by atoms with van der Waals surface area (Å²) in [5.41, 5.74) is 0.298. The van der Waals surface area contributed by atoms with Gasteiger partial charge in [-0.25, -0.2) is 0 Å². The number of amides is 1. The smallest absolute Gasteiger partial charge is 0.279 e. The van der Waals surface area contributed by atoms with E-state index >= 15 is 0 Å². The van der Waals surface area contributed by atoms with E-state index in [0.29, 0.717) is 16.7 Å². The molecule has 1 aliphatic rings. The average Bonchev–Trinajstić information content (AvgIpc) is 3.04. The number of rotatable bonds is 7. The summed E-state index contributed by atoms with van der Waals surface area (Å²) in [5, 5.41) is 15.0. The highest BCUT2D eigenvalue weighted by molar-refractivity contribution is 8.01. The lowest BCUT2D eigenvalue weighted by molar-refractivity contribution is 0.101. The van der Waals surface area contributed by atoms with Crippen molar-refractivity contribution in [1.29, 1.82) is 0 Å². The molecular weight excluding hydrogens is 308 g/mol. The van der Waals surface area contributed by atoms with Gasteiger partial charge in [-0.3, -0.25) is 10.1 Å². The predicted octanol–water partition coefficient (Wildman–Crippen LogP) is 3.55. The summed E-state index contributed by atoms with van der Waals surface area (Å²) in [5.74, 6) is 1.97. The topological polar surface area (TPSA) is 80.9 Å². The Labute approximate surface area is 130 Å². The minimum Gasteiger partial charge on any atom is -0.360 e. The molecule has 2 aromatic rings. The first-order valence-electron chi connectivity index (χ1n) is 7.00. The Hall–Kier alpha value is -1.41. The summed E-state index contributed by atoms with van der Waals surface area (Å²) < 4.78 is 6.04. The van der Waals surface area contributed by atoms with Crippen molar-refractivity contribution in [3.63, 3.8) is 0 Å².